The van der Waals surface area contributed by atoms with E-state index in [-0.39, 0.29) is 6.42 Å². The highest BCUT2D eigenvalue weighted by Crippen LogP contribution is 2.38. The first-order valence-corrected chi connectivity index (χ1v) is 12.7. The van der Waals surface area contributed by atoms with Crippen molar-refractivity contribution in [2.75, 3.05) is 6.61 Å². The number of rotatable bonds is 21. The molecule has 0 rings (SSSR count). The first-order chi connectivity index (χ1) is 13.8. The second-order valence-corrected chi connectivity index (χ2v) is 8.96. The van der Waals surface area contributed by atoms with Crippen LogP contribution in [0.5, 0.6) is 0 Å². The summed E-state index contributed by atoms with van der Waals surface area (Å²) in [6, 6.07) is 0. The molecular formula is C21H41O7P. The quantitative estimate of drug-likeness (QED) is 0.133. The van der Waals surface area contributed by atoms with Gasteiger partial charge in [0.2, 0.25) is 0 Å². The number of unbranched alkanes of at least 4 members (excludes halogenated alkanes) is 14. The molecule has 0 heterocycles. The Hall–Kier alpha value is -0.590. The zero-order valence-corrected chi connectivity index (χ0v) is 18.9. The van der Waals surface area contributed by atoms with Crippen molar-refractivity contribution in [2.24, 2.45) is 0 Å². The molecule has 0 aliphatic rings. The van der Waals surface area contributed by atoms with Gasteiger partial charge in [-0.05, 0) is 6.42 Å². The topological polar surface area (TPSA) is 121 Å². The van der Waals surface area contributed by atoms with Gasteiger partial charge in [-0.1, -0.05) is 96.8 Å². The van der Waals surface area contributed by atoms with Crippen LogP contribution in [0.3, 0.4) is 0 Å². The largest absolute Gasteiger partial charge is 0.470 e. The Morgan fingerprint density at radius 1 is 0.724 bits per heavy atom. The second kappa shape index (κ2) is 18.2. The minimum absolute atomic E-state index is 0.00859. The maximum atomic E-state index is 12.0. The van der Waals surface area contributed by atoms with Crippen LogP contribution in [0.4, 0.5) is 0 Å². The minimum atomic E-state index is -4.97. The van der Waals surface area contributed by atoms with Crippen molar-refractivity contribution in [1.29, 1.82) is 0 Å². The number of phosphoric ester groups is 1. The van der Waals surface area contributed by atoms with E-state index in [0.717, 1.165) is 19.3 Å². The Bertz CT molecular complexity index is 476. The van der Waals surface area contributed by atoms with Crippen LogP contribution in [0, 0.1) is 0 Å². The van der Waals surface area contributed by atoms with Crippen molar-refractivity contribution >= 4 is 19.4 Å². The van der Waals surface area contributed by atoms with Gasteiger partial charge in [-0.2, -0.15) is 0 Å². The van der Waals surface area contributed by atoms with Crippen molar-refractivity contribution in [1.82, 2.24) is 0 Å². The van der Waals surface area contributed by atoms with Gasteiger partial charge >= 0.3 is 7.82 Å². The van der Waals surface area contributed by atoms with Crippen molar-refractivity contribution in [3.8, 4) is 0 Å². The maximum Gasteiger partial charge on any atom is 0.470 e. The molecule has 0 saturated carbocycles. The third-order valence-electron chi connectivity index (χ3n) is 5.01. The van der Waals surface area contributed by atoms with E-state index in [9.17, 15) is 14.2 Å². The van der Waals surface area contributed by atoms with Crippen LogP contribution in [-0.2, 0) is 18.7 Å². The zero-order valence-electron chi connectivity index (χ0n) is 18.0. The summed E-state index contributed by atoms with van der Waals surface area (Å²) in [5.41, 5.74) is 0. The molecule has 3 N–H and O–H groups in total. The summed E-state index contributed by atoms with van der Waals surface area (Å²) in [5, 5.41) is 8.82. The van der Waals surface area contributed by atoms with Gasteiger partial charge in [-0.15, -0.1) is 0 Å². The number of hydrogen-bond acceptors (Lipinski definition) is 5. The van der Waals surface area contributed by atoms with Gasteiger partial charge in [0.05, 0.1) is 0 Å². The van der Waals surface area contributed by atoms with E-state index >= 15 is 0 Å². The molecule has 0 amide bonds. The average Bonchev–Trinajstić information content (AvgIpc) is 2.67. The lowest BCUT2D eigenvalue weighted by molar-refractivity contribution is -0.139. The molecule has 29 heavy (non-hydrogen) atoms. The van der Waals surface area contributed by atoms with Gasteiger partial charge in [0, 0.05) is 6.42 Å². The Labute approximate surface area is 175 Å². The predicted octanol–water partition coefficient (Wildman–Crippen LogP) is 4.86. The second-order valence-electron chi connectivity index (χ2n) is 7.77. The molecule has 0 radical (unpaired) electrons. The lowest BCUT2D eigenvalue weighted by Gasteiger charge is -2.15. The van der Waals surface area contributed by atoms with Crippen LogP contribution in [0.25, 0.3) is 0 Å². The SMILES string of the molecule is CCCCCCCCCCCCCCCCCC(=O)C(OP(=O)(O)O)C(=O)CO. The molecule has 7 nitrogen and oxygen atoms in total. The summed E-state index contributed by atoms with van der Waals surface area (Å²) in [5.74, 6) is -1.72. The molecule has 172 valence electrons. The summed E-state index contributed by atoms with van der Waals surface area (Å²) >= 11 is 0. The minimum Gasteiger partial charge on any atom is -0.388 e. The molecule has 0 aromatic heterocycles. The van der Waals surface area contributed by atoms with Crippen molar-refractivity contribution in [2.45, 2.75) is 116 Å². The highest BCUT2D eigenvalue weighted by molar-refractivity contribution is 7.46. The molecule has 0 saturated heterocycles. The molecule has 0 spiro atoms. The van der Waals surface area contributed by atoms with Gasteiger partial charge in [0.25, 0.3) is 0 Å². The van der Waals surface area contributed by atoms with E-state index in [4.69, 9.17) is 14.9 Å². The van der Waals surface area contributed by atoms with E-state index in [2.05, 4.69) is 11.4 Å². The maximum absolute atomic E-state index is 12.0. The monoisotopic (exact) mass is 436 g/mol. The first-order valence-electron chi connectivity index (χ1n) is 11.2. The molecule has 0 aromatic carbocycles. The van der Waals surface area contributed by atoms with Crippen LogP contribution in [-0.4, -0.2) is 39.2 Å². The lowest BCUT2D eigenvalue weighted by atomic mass is 10.0. The number of carbonyl (C=O) groups excluding carboxylic acids is 2. The lowest BCUT2D eigenvalue weighted by Crippen LogP contribution is -2.34. The van der Waals surface area contributed by atoms with E-state index in [1.165, 1.54) is 70.6 Å². The Kier molecular flexibility index (Phi) is 17.8. The zero-order chi connectivity index (χ0) is 22.0. The molecular weight excluding hydrogens is 395 g/mol. The fraction of sp³-hybridized carbons (Fsp3) is 0.905. The predicted molar refractivity (Wildman–Crippen MR) is 114 cm³/mol. The van der Waals surface area contributed by atoms with E-state index in [1.807, 2.05) is 0 Å². The van der Waals surface area contributed by atoms with Gasteiger partial charge in [-0.25, -0.2) is 4.57 Å². The van der Waals surface area contributed by atoms with Gasteiger partial charge < -0.3 is 14.9 Å². The Morgan fingerprint density at radius 2 is 1.10 bits per heavy atom. The highest BCUT2D eigenvalue weighted by atomic mass is 31.2. The summed E-state index contributed by atoms with van der Waals surface area (Å²) in [6.45, 7) is 1.25. The molecule has 1 atom stereocenters. The third-order valence-corrected chi connectivity index (χ3v) is 5.50. The van der Waals surface area contributed by atoms with E-state index in [1.54, 1.807) is 0 Å². The normalized spacial score (nSPS) is 12.8. The molecule has 0 bridgehead atoms. The summed E-state index contributed by atoms with van der Waals surface area (Å²) in [4.78, 5) is 41.0. The van der Waals surface area contributed by atoms with E-state index in [0.29, 0.717) is 6.42 Å². The number of ketones is 2. The number of aliphatic hydroxyl groups excluding tert-OH is 1. The fourth-order valence-electron chi connectivity index (χ4n) is 3.32. The molecule has 0 aliphatic heterocycles. The molecule has 0 fully saturated rings. The molecule has 0 aliphatic carbocycles. The van der Waals surface area contributed by atoms with Crippen molar-refractivity contribution in [3.63, 3.8) is 0 Å². The number of Topliss-reactive ketones (excluding diaryl/α,β-unsaturated/α-hetero) is 2. The fourth-order valence-corrected chi connectivity index (χ4v) is 3.83. The number of hydrogen-bond donors (Lipinski definition) is 3. The third kappa shape index (κ3) is 17.9. The van der Waals surface area contributed by atoms with Gasteiger partial charge in [0.15, 0.2) is 17.7 Å². The number of carbonyl (C=O) groups is 2. The molecule has 0 aromatic rings. The average molecular weight is 437 g/mol. The summed E-state index contributed by atoms with van der Waals surface area (Å²) in [6.07, 6.45) is 16.0. The van der Waals surface area contributed by atoms with Crippen LogP contribution >= 0.6 is 7.82 Å². The molecule has 8 heteroatoms. The molecule has 1 unspecified atom stereocenters. The van der Waals surface area contributed by atoms with Crippen molar-refractivity contribution in [3.05, 3.63) is 0 Å². The Balaban J connectivity index is 3.62. The van der Waals surface area contributed by atoms with Crippen LogP contribution in [0.2, 0.25) is 0 Å². The standard InChI is InChI=1S/C21H41O7P/c1-2-3-4-5-6-7-8-9-10-11-12-13-14-15-16-17-19(23)21(20(24)18-22)28-29(25,26)27/h21-22H,2-18H2,1H3,(H2,25,26,27). The van der Waals surface area contributed by atoms with Gasteiger partial charge in [-0.3, -0.25) is 14.1 Å². The smallest absolute Gasteiger partial charge is 0.388 e. The Morgan fingerprint density at radius 3 is 1.45 bits per heavy atom. The van der Waals surface area contributed by atoms with Crippen molar-refractivity contribution < 1.29 is 33.6 Å². The summed E-state index contributed by atoms with van der Waals surface area (Å²) in [7, 11) is -4.97. The first kappa shape index (κ1) is 28.4. The number of aliphatic hydroxyl groups is 1. The summed E-state index contributed by atoms with van der Waals surface area (Å²) < 4.78 is 15.1. The van der Waals surface area contributed by atoms with Gasteiger partial charge in [0.1, 0.15) is 6.61 Å². The highest BCUT2D eigenvalue weighted by Gasteiger charge is 2.32. The van der Waals surface area contributed by atoms with Crippen LogP contribution in [0.15, 0.2) is 0 Å². The van der Waals surface area contributed by atoms with E-state index < -0.39 is 32.1 Å². The van der Waals surface area contributed by atoms with Crippen LogP contribution < -0.4 is 0 Å². The number of phosphoric acid groups is 1. The van der Waals surface area contributed by atoms with Crippen LogP contribution in [0.1, 0.15) is 110 Å².